The van der Waals surface area contributed by atoms with Crippen LogP contribution in [0.15, 0.2) is 46.9 Å². The van der Waals surface area contributed by atoms with Crippen LogP contribution < -0.4 is 10.6 Å². The fraction of sp³-hybridized carbons (Fsp3) is 0.211. The number of hydrogen-bond donors (Lipinski definition) is 2. The van der Waals surface area contributed by atoms with Crippen molar-refractivity contribution in [1.82, 2.24) is 10.3 Å². The lowest BCUT2D eigenvalue weighted by Crippen LogP contribution is -2.33. The Hall–Kier alpha value is -2.44. The third-order valence-corrected chi connectivity index (χ3v) is 4.20. The van der Waals surface area contributed by atoms with Gasteiger partial charge in [-0.05, 0) is 61.1 Å². The molecule has 3 aromatic rings. The van der Waals surface area contributed by atoms with Crippen molar-refractivity contribution in [2.75, 3.05) is 5.32 Å². The van der Waals surface area contributed by atoms with Gasteiger partial charge < -0.3 is 15.1 Å². The molecule has 2 aromatic carbocycles. The van der Waals surface area contributed by atoms with Crippen LogP contribution in [0.3, 0.4) is 0 Å². The lowest BCUT2D eigenvalue weighted by atomic mass is 10.2. The van der Waals surface area contributed by atoms with E-state index in [0.717, 1.165) is 24.1 Å². The zero-order chi connectivity index (χ0) is 18.5. The molecule has 1 heterocycles. The average molecular weight is 388 g/mol. The Morgan fingerprint density at radius 1 is 1.23 bits per heavy atom. The number of amides is 1. The molecule has 7 heteroatoms. The molecule has 1 aromatic heterocycles. The van der Waals surface area contributed by atoms with Crippen molar-refractivity contribution >= 4 is 51.6 Å². The van der Waals surface area contributed by atoms with Gasteiger partial charge in [-0.15, -0.1) is 0 Å². The number of carbonyl (C=O) groups is 1. The van der Waals surface area contributed by atoms with Gasteiger partial charge in [0.1, 0.15) is 5.52 Å². The van der Waals surface area contributed by atoms with Crippen molar-refractivity contribution in [2.45, 2.75) is 26.2 Å². The number of aromatic nitrogens is 1. The molecule has 0 bridgehead atoms. The summed E-state index contributed by atoms with van der Waals surface area (Å²) in [5.41, 5.74) is 2.94. The maximum atomic E-state index is 11.7. The molecule has 0 saturated carbocycles. The van der Waals surface area contributed by atoms with E-state index in [1.54, 1.807) is 12.1 Å². The zero-order valence-corrected chi connectivity index (χ0v) is 15.8. The Balaban J connectivity index is 1.72. The number of oxazole rings is 1. The van der Waals surface area contributed by atoms with Crippen LogP contribution in [0.2, 0.25) is 5.02 Å². The van der Waals surface area contributed by atoms with Gasteiger partial charge in [0.05, 0.1) is 0 Å². The number of benzene rings is 2. The van der Waals surface area contributed by atoms with Gasteiger partial charge in [0.25, 0.3) is 0 Å². The molecule has 1 amide bonds. The van der Waals surface area contributed by atoms with Gasteiger partial charge in [-0.3, -0.25) is 4.79 Å². The number of anilines is 1. The van der Waals surface area contributed by atoms with Gasteiger partial charge >= 0.3 is 0 Å². The van der Waals surface area contributed by atoms with E-state index in [2.05, 4.69) is 15.6 Å². The van der Waals surface area contributed by atoms with E-state index in [1.165, 1.54) is 0 Å². The summed E-state index contributed by atoms with van der Waals surface area (Å²) in [6, 6.07) is 12.7. The number of nitrogens with one attached hydrogen (secondary N) is 2. The van der Waals surface area contributed by atoms with E-state index in [1.807, 2.05) is 37.3 Å². The molecule has 0 aliphatic heterocycles. The van der Waals surface area contributed by atoms with E-state index in [9.17, 15) is 4.79 Å². The van der Waals surface area contributed by atoms with Crippen LogP contribution in [0, 0.1) is 0 Å². The minimum Gasteiger partial charge on any atom is -0.436 e. The number of hydrogen-bond acceptors (Lipinski definition) is 4. The van der Waals surface area contributed by atoms with E-state index >= 15 is 0 Å². The summed E-state index contributed by atoms with van der Waals surface area (Å²) in [5.74, 6) is 0.432. The summed E-state index contributed by atoms with van der Waals surface area (Å²) in [4.78, 5) is 16.2. The van der Waals surface area contributed by atoms with Crippen molar-refractivity contribution in [3.05, 3.63) is 47.5 Å². The highest BCUT2D eigenvalue weighted by Gasteiger charge is 2.10. The molecule has 134 valence electrons. The van der Waals surface area contributed by atoms with Crippen molar-refractivity contribution in [2.24, 2.45) is 0 Å². The van der Waals surface area contributed by atoms with Crippen molar-refractivity contribution in [3.8, 4) is 11.5 Å². The second-order valence-corrected chi connectivity index (χ2v) is 6.66. The number of halogens is 1. The van der Waals surface area contributed by atoms with E-state index < -0.39 is 0 Å². The molecule has 0 atom stereocenters. The van der Waals surface area contributed by atoms with Crippen LogP contribution in [0.5, 0.6) is 0 Å². The van der Waals surface area contributed by atoms with Crippen LogP contribution >= 0.6 is 23.8 Å². The van der Waals surface area contributed by atoms with E-state index in [4.69, 9.17) is 28.2 Å². The minimum absolute atomic E-state index is 0.0862. The number of carbonyl (C=O) groups excluding carboxylic acids is 1. The molecule has 5 nitrogen and oxygen atoms in total. The predicted octanol–water partition coefficient (Wildman–Crippen LogP) is 5.15. The summed E-state index contributed by atoms with van der Waals surface area (Å²) >= 11 is 11.1. The Morgan fingerprint density at radius 3 is 2.73 bits per heavy atom. The van der Waals surface area contributed by atoms with Crippen LogP contribution in [-0.4, -0.2) is 16.0 Å². The molecule has 0 unspecified atom stereocenters. The third-order valence-electron chi connectivity index (χ3n) is 3.75. The first-order valence-electron chi connectivity index (χ1n) is 8.32. The third kappa shape index (κ3) is 4.59. The van der Waals surface area contributed by atoms with Gasteiger partial charge in [0, 0.05) is 22.7 Å². The molecule has 0 aliphatic rings. The predicted molar refractivity (Wildman–Crippen MR) is 108 cm³/mol. The summed E-state index contributed by atoms with van der Waals surface area (Å²) < 4.78 is 5.78. The maximum Gasteiger partial charge on any atom is 0.227 e. The molecule has 0 aliphatic carbocycles. The van der Waals surface area contributed by atoms with E-state index in [-0.39, 0.29) is 11.0 Å². The average Bonchev–Trinajstić information content (AvgIpc) is 3.03. The Kier molecular flexibility index (Phi) is 5.85. The monoisotopic (exact) mass is 387 g/mol. The Labute approximate surface area is 161 Å². The highest BCUT2D eigenvalue weighted by Crippen LogP contribution is 2.27. The van der Waals surface area contributed by atoms with Crippen LogP contribution in [0.4, 0.5) is 5.69 Å². The zero-order valence-electron chi connectivity index (χ0n) is 14.2. The summed E-state index contributed by atoms with van der Waals surface area (Å²) in [5, 5.41) is 6.60. The topological polar surface area (TPSA) is 67.2 Å². The second-order valence-electron chi connectivity index (χ2n) is 5.81. The lowest BCUT2D eigenvalue weighted by molar-refractivity contribution is -0.119. The van der Waals surface area contributed by atoms with Crippen molar-refractivity contribution < 1.29 is 9.21 Å². The standard InChI is InChI=1S/C19H18ClN3O2S/c1-2-3-4-17(24)23-19(26)21-14-9-10-16-15(11-14)22-18(25-16)12-5-7-13(20)8-6-12/h5-11H,2-4H2,1H3,(H2,21,23,24,26). The fourth-order valence-electron chi connectivity index (χ4n) is 2.41. The highest BCUT2D eigenvalue weighted by molar-refractivity contribution is 7.80. The number of unbranched alkanes of at least 4 members (excludes halogenated alkanes) is 1. The van der Waals surface area contributed by atoms with Gasteiger partial charge in [0.15, 0.2) is 10.7 Å². The first-order chi connectivity index (χ1) is 12.5. The summed E-state index contributed by atoms with van der Waals surface area (Å²) in [7, 11) is 0. The van der Waals surface area contributed by atoms with Gasteiger partial charge in [0.2, 0.25) is 11.8 Å². The summed E-state index contributed by atoms with van der Waals surface area (Å²) in [6.45, 7) is 2.04. The summed E-state index contributed by atoms with van der Waals surface area (Å²) in [6.07, 6.45) is 2.27. The SMILES string of the molecule is CCCCC(=O)NC(=S)Nc1ccc2oc(-c3ccc(Cl)cc3)nc2c1. The first kappa shape index (κ1) is 18.4. The van der Waals surface area contributed by atoms with Crippen LogP contribution in [0.1, 0.15) is 26.2 Å². The highest BCUT2D eigenvalue weighted by atomic mass is 35.5. The molecule has 2 N–H and O–H groups in total. The van der Waals surface area contributed by atoms with Crippen LogP contribution in [0.25, 0.3) is 22.6 Å². The number of fused-ring (bicyclic) bond motifs is 1. The first-order valence-corrected chi connectivity index (χ1v) is 9.11. The number of nitrogens with zero attached hydrogens (tertiary/aromatic N) is 1. The largest absolute Gasteiger partial charge is 0.436 e. The molecule has 26 heavy (non-hydrogen) atoms. The molecule has 0 spiro atoms. The number of rotatable bonds is 5. The number of thiocarbonyl (C=S) groups is 1. The fourth-order valence-corrected chi connectivity index (χ4v) is 2.77. The molecule has 0 fully saturated rings. The molecule has 3 rings (SSSR count). The van der Waals surface area contributed by atoms with Gasteiger partial charge in [-0.25, -0.2) is 4.98 Å². The quantitative estimate of drug-likeness (QED) is 0.592. The van der Waals surface area contributed by atoms with Gasteiger partial charge in [-0.1, -0.05) is 24.9 Å². The molecule has 0 radical (unpaired) electrons. The molecular weight excluding hydrogens is 370 g/mol. The smallest absolute Gasteiger partial charge is 0.227 e. The van der Waals surface area contributed by atoms with Gasteiger partial charge in [-0.2, -0.15) is 0 Å². The van der Waals surface area contributed by atoms with Crippen molar-refractivity contribution in [3.63, 3.8) is 0 Å². The molecule has 0 saturated heterocycles. The van der Waals surface area contributed by atoms with Crippen LogP contribution in [-0.2, 0) is 4.79 Å². The molecular formula is C19H18ClN3O2S. The lowest BCUT2D eigenvalue weighted by Gasteiger charge is -2.09. The Bertz CT molecular complexity index is 938. The van der Waals surface area contributed by atoms with Crippen molar-refractivity contribution in [1.29, 1.82) is 0 Å². The normalized spacial score (nSPS) is 10.7. The minimum atomic E-state index is -0.0862. The maximum absolute atomic E-state index is 11.7. The van der Waals surface area contributed by atoms with E-state index in [0.29, 0.717) is 28.4 Å². The second kappa shape index (κ2) is 8.29. The Morgan fingerprint density at radius 2 is 2.00 bits per heavy atom.